The third-order valence-electron chi connectivity index (χ3n) is 2.92. The van der Waals surface area contributed by atoms with Crippen molar-refractivity contribution in [3.63, 3.8) is 0 Å². The van der Waals surface area contributed by atoms with Crippen LogP contribution in [0.15, 0.2) is 15.5 Å². The zero-order valence-corrected chi connectivity index (χ0v) is 13.5. The van der Waals surface area contributed by atoms with Gasteiger partial charge in [0, 0.05) is 19.6 Å². The van der Waals surface area contributed by atoms with E-state index in [0.29, 0.717) is 29.2 Å². The Kier molecular flexibility index (Phi) is 4.82. The fraction of sp³-hybridized carbons (Fsp3) is 0.636. The lowest BCUT2D eigenvalue weighted by Crippen LogP contribution is -2.29. The molecular formula is C11H17BrN4O3S. The Morgan fingerprint density at radius 1 is 1.45 bits per heavy atom. The molecule has 1 aliphatic rings. The first-order valence-corrected chi connectivity index (χ1v) is 8.99. The van der Waals surface area contributed by atoms with Gasteiger partial charge in [-0.25, -0.2) is 17.8 Å². The highest BCUT2D eigenvalue weighted by molar-refractivity contribution is 9.10. The molecule has 0 spiro atoms. The number of anilines is 1. The lowest BCUT2D eigenvalue weighted by molar-refractivity contribution is 0.532. The molecule has 9 heteroatoms. The summed E-state index contributed by atoms with van der Waals surface area (Å²) >= 11 is 3.26. The van der Waals surface area contributed by atoms with Gasteiger partial charge in [-0.1, -0.05) is 0 Å². The molecule has 0 radical (unpaired) electrons. The minimum Gasteiger partial charge on any atom is -0.381 e. The van der Waals surface area contributed by atoms with Crippen LogP contribution >= 0.6 is 15.9 Å². The van der Waals surface area contributed by atoms with Crippen molar-refractivity contribution >= 4 is 31.6 Å². The Labute approximate surface area is 125 Å². The normalized spacial score (nSPS) is 15.3. The van der Waals surface area contributed by atoms with Gasteiger partial charge >= 0.3 is 0 Å². The Hall–Kier alpha value is -0.930. The highest BCUT2D eigenvalue weighted by Crippen LogP contribution is 2.30. The van der Waals surface area contributed by atoms with Crippen LogP contribution < -0.4 is 15.6 Å². The van der Waals surface area contributed by atoms with Crippen molar-refractivity contribution in [1.82, 2.24) is 14.5 Å². The minimum atomic E-state index is -3.19. The van der Waals surface area contributed by atoms with Crippen LogP contribution in [0.3, 0.4) is 0 Å². The van der Waals surface area contributed by atoms with Crippen molar-refractivity contribution in [1.29, 1.82) is 0 Å². The van der Waals surface area contributed by atoms with Crippen LogP contribution in [0.5, 0.6) is 0 Å². The predicted molar refractivity (Wildman–Crippen MR) is 80.3 cm³/mol. The largest absolute Gasteiger partial charge is 0.381 e. The summed E-state index contributed by atoms with van der Waals surface area (Å²) in [5, 5.41) is 7.09. The van der Waals surface area contributed by atoms with E-state index in [0.717, 1.165) is 19.1 Å². The highest BCUT2D eigenvalue weighted by atomic mass is 79.9. The Bertz CT molecular complexity index is 640. The molecule has 0 bridgehead atoms. The Morgan fingerprint density at radius 2 is 2.15 bits per heavy atom. The summed E-state index contributed by atoms with van der Waals surface area (Å²) in [7, 11) is -3.19. The zero-order valence-electron chi connectivity index (χ0n) is 11.1. The number of aromatic nitrogens is 2. The van der Waals surface area contributed by atoms with Crippen molar-refractivity contribution in [2.24, 2.45) is 5.92 Å². The average molecular weight is 365 g/mol. The van der Waals surface area contributed by atoms with Gasteiger partial charge in [-0.2, -0.15) is 5.10 Å². The molecule has 0 aromatic carbocycles. The van der Waals surface area contributed by atoms with Crippen LogP contribution in [-0.2, 0) is 16.6 Å². The summed E-state index contributed by atoms with van der Waals surface area (Å²) in [4.78, 5) is 12.0. The molecule has 2 rings (SSSR count). The van der Waals surface area contributed by atoms with Gasteiger partial charge in [0.05, 0.1) is 18.1 Å². The van der Waals surface area contributed by atoms with Crippen LogP contribution in [0.1, 0.15) is 12.8 Å². The molecule has 1 aromatic heterocycles. The van der Waals surface area contributed by atoms with Crippen LogP contribution in [0.2, 0.25) is 0 Å². The van der Waals surface area contributed by atoms with Gasteiger partial charge in [-0.05, 0) is 34.7 Å². The summed E-state index contributed by atoms with van der Waals surface area (Å²) in [5.74, 6) is 0.574. The van der Waals surface area contributed by atoms with Crippen molar-refractivity contribution in [3.8, 4) is 0 Å². The topological polar surface area (TPSA) is 93.1 Å². The molecule has 0 aliphatic heterocycles. The minimum absolute atomic E-state index is 0.169. The van der Waals surface area contributed by atoms with Gasteiger partial charge in [0.1, 0.15) is 4.47 Å². The summed E-state index contributed by atoms with van der Waals surface area (Å²) in [6.07, 6.45) is 4.99. The zero-order chi connectivity index (χ0) is 14.8. The van der Waals surface area contributed by atoms with E-state index in [9.17, 15) is 13.2 Å². The van der Waals surface area contributed by atoms with Gasteiger partial charge in [-0.3, -0.25) is 4.79 Å². The van der Waals surface area contributed by atoms with Crippen LogP contribution in [-0.4, -0.2) is 37.5 Å². The second-order valence-corrected chi connectivity index (χ2v) is 7.52. The molecule has 1 aliphatic carbocycles. The summed E-state index contributed by atoms with van der Waals surface area (Å²) in [5.41, 5.74) is 0.398. The number of halogens is 1. The fourth-order valence-corrected chi connectivity index (χ4v) is 2.62. The van der Waals surface area contributed by atoms with E-state index >= 15 is 0 Å². The second kappa shape index (κ2) is 6.23. The van der Waals surface area contributed by atoms with E-state index in [-0.39, 0.29) is 12.1 Å². The van der Waals surface area contributed by atoms with E-state index in [2.05, 4.69) is 31.1 Å². The number of sulfonamides is 1. The van der Waals surface area contributed by atoms with Crippen LogP contribution in [0.25, 0.3) is 0 Å². The molecule has 2 N–H and O–H groups in total. The molecular weight excluding hydrogens is 348 g/mol. The van der Waals surface area contributed by atoms with Gasteiger partial charge in [0.25, 0.3) is 5.56 Å². The second-order valence-electron chi connectivity index (χ2n) is 4.90. The van der Waals surface area contributed by atoms with E-state index in [4.69, 9.17) is 0 Å². The van der Waals surface area contributed by atoms with Crippen LogP contribution in [0, 0.1) is 5.92 Å². The summed E-state index contributed by atoms with van der Waals surface area (Å²) < 4.78 is 26.1. The monoisotopic (exact) mass is 364 g/mol. The summed E-state index contributed by atoms with van der Waals surface area (Å²) in [6.45, 7) is 1.28. The molecule has 0 saturated heterocycles. The molecule has 1 heterocycles. The van der Waals surface area contributed by atoms with Crippen molar-refractivity contribution < 1.29 is 8.42 Å². The maximum Gasteiger partial charge on any atom is 0.283 e. The molecule has 0 amide bonds. The van der Waals surface area contributed by atoms with Gasteiger partial charge in [-0.15, -0.1) is 0 Å². The third-order valence-corrected chi connectivity index (χ3v) is 4.41. The lowest BCUT2D eigenvalue weighted by atomic mass is 10.4. The van der Waals surface area contributed by atoms with Crippen LogP contribution in [0.4, 0.5) is 5.69 Å². The molecule has 1 aromatic rings. The van der Waals surface area contributed by atoms with E-state index in [1.165, 1.54) is 4.68 Å². The van der Waals surface area contributed by atoms with Crippen molar-refractivity contribution in [2.75, 3.05) is 24.7 Å². The standard InChI is InChI=1S/C11H17BrN4O3S/c1-20(18,19)15-5-4-13-9-6-14-16(7-8-2-3-8)11(17)10(9)12/h6,8,13,15H,2-5,7H2,1H3. The molecule has 20 heavy (non-hydrogen) atoms. The molecule has 7 nitrogen and oxygen atoms in total. The van der Waals surface area contributed by atoms with E-state index in [1.807, 2.05) is 0 Å². The highest BCUT2D eigenvalue weighted by Gasteiger charge is 2.23. The molecule has 1 saturated carbocycles. The maximum absolute atomic E-state index is 12.0. The number of hydrogen-bond acceptors (Lipinski definition) is 5. The van der Waals surface area contributed by atoms with Crippen molar-refractivity contribution in [3.05, 3.63) is 21.0 Å². The number of nitrogens with one attached hydrogen (secondary N) is 2. The molecule has 0 unspecified atom stereocenters. The molecule has 0 atom stereocenters. The SMILES string of the molecule is CS(=O)(=O)NCCNc1cnn(CC2CC2)c(=O)c1Br. The van der Waals surface area contributed by atoms with Crippen molar-refractivity contribution in [2.45, 2.75) is 19.4 Å². The Morgan fingerprint density at radius 3 is 2.75 bits per heavy atom. The van der Waals surface area contributed by atoms with Gasteiger partial charge in [0.15, 0.2) is 0 Å². The molecule has 112 valence electrons. The van der Waals surface area contributed by atoms with E-state index < -0.39 is 10.0 Å². The summed E-state index contributed by atoms with van der Waals surface area (Å²) in [6, 6.07) is 0. The first kappa shape index (κ1) is 15.5. The van der Waals surface area contributed by atoms with Gasteiger partial charge < -0.3 is 5.32 Å². The smallest absolute Gasteiger partial charge is 0.283 e. The lowest BCUT2D eigenvalue weighted by Gasteiger charge is -2.10. The first-order valence-electron chi connectivity index (χ1n) is 6.31. The average Bonchev–Trinajstić information content (AvgIpc) is 3.16. The van der Waals surface area contributed by atoms with Gasteiger partial charge in [0.2, 0.25) is 10.0 Å². The Balaban J connectivity index is 1.95. The number of nitrogens with zero attached hydrogens (tertiary/aromatic N) is 2. The quantitative estimate of drug-likeness (QED) is 0.682. The number of hydrogen-bond donors (Lipinski definition) is 2. The fourth-order valence-electron chi connectivity index (χ4n) is 1.70. The maximum atomic E-state index is 12.0. The number of rotatable bonds is 7. The first-order chi connectivity index (χ1) is 9.37. The molecule has 1 fully saturated rings. The predicted octanol–water partition coefficient (Wildman–Crippen LogP) is 0.377. The third kappa shape index (κ3) is 4.57. The van der Waals surface area contributed by atoms with E-state index in [1.54, 1.807) is 6.20 Å².